The lowest BCUT2D eigenvalue weighted by atomic mass is 9.82. The summed E-state index contributed by atoms with van der Waals surface area (Å²) in [6, 6.07) is -0.567. The molecule has 0 atom stereocenters. The number of hydrogen-bond acceptors (Lipinski definition) is 6. The second kappa shape index (κ2) is 6.46. The molecule has 8 nitrogen and oxygen atoms in total. The summed E-state index contributed by atoms with van der Waals surface area (Å²) >= 11 is 1.12. The van der Waals surface area contributed by atoms with E-state index in [0.717, 1.165) is 41.7 Å². The fraction of sp³-hybridized carbons (Fsp3) is 0.600. The second-order valence-corrected chi connectivity index (χ2v) is 7.09. The highest BCUT2D eigenvalue weighted by atomic mass is 32.2. The Morgan fingerprint density at radius 3 is 2.67 bits per heavy atom. The van der Waals surface area contributed by atoms with Gasteiger partial charge in [0.05, 0.1) is 11.4 Å². The highest BCUT2D eigenvalue weighted by molar-refractivity contribution is 7.99. The number of carbonyl (C=O) groups is 3. The van der Waals surface area contributed by atoms with Gasteiger partial charge in [0, 0.05) is 0 Å². The lowest BCUT2D eigenvalue weighted by Crippen LogP contribution is -2.51. The van der Waals surface area contributed by atoms with Gasteiger partial charge in [-0.1, -0.05) is 31.0 Å². The second-order valence-electron chi connectivity index (χ2n) is 6.16. The average molecular weight is 352 g/mol. The van der Waals surface area contributed by atoms with Crippen molar-refractivity contribution >= 4 is 29.6 Å². The SMILES string of the molecule is Cc1nc(SCC(=O)NN2C(=O)NC3(CCCCC3)C2=O)oc1C. The fourth-order valence-corrected chi connectivity index (χ4v) is 3.71. The van der Waals surface area contributed by atoms with E-state index in [0.29, 0.717) is 23.8 Å². The number of nitrogens with zero attached hydrogens (tertiary/aromatic N) is 2. The maximum absolute atomic E-state index is 12.5. The van der Waals surface area contributed by atoms with Gasteiger partial charge in [0.25, 0.3) is 11.1 Å². The predicted octanol–water partition coefficient (Wildman–Crippen LogP) is 1.67. The van der Waals surface area contributed by atoms with Gasteiger partial charge >= 0.3 is 6.03 Å². The van der Waals surface area contributed by atoms with Crippen molar-refractivity contribution < 1.29 is 18.8 Å². The van der Waals surface area contributed by atoms with E-state index in [1.807, 2.05) is 6.92 Å². The summed E-state index contributed by atoms with van der Waals surface area (Å²) in [5.41, 5.74) is 2.31. The Morgan fingerprint density at radius 2 is 2.04 bits per heavy atom. The summed E-state index contributed by atoms with van der Waals surface area (Å²) in [5.74, 6) is -0.117. The molecular weight excluding hydrogens is 332 g/mol. The third kappa shape index (κ3) is 3.12. The van der Waals surface area contributed by atoms with Gasteiger partial charge in [-0.25, -0.2) is 9.78 Å². The Labute approximate surface area is 143 Å². The first kappa shape index (κ1) is 16.8. The lowest BCUT2D eigenvalue weighted by Gasteiger charge is -2.30. The maximum atomic E-state index is 12.5. The van der Waals surface area contributed by atoms with Crippen molar-refractivity contribution in [2.45, 2.75) is 56.7 Å². The number of amides is 4. The van der Waals surface area contributed by atoms with E-state index in [1.165, 1.54) is 0 Å². The van der Waals surface area contributed by atoms with E-state index >= 15 is 0 Å². The van der Waals surface area contributed by atoms with Gasteiger partial charge in [-0.2, -0.15) is 5.01 Å². The summed E-state index contributed by atoms with van der Waals surface area (Å²) in [6.07, 6.45) is 4.09. The Hall–Kier alpha value is -2.03. The summed E-state index contributed by atoms with van der Waals surface area (Å²) in [4.78, 5) is 40.8. The first-order valence-corrected chi connectivity index (χ1v) is 8.93. The smallest absolute Gasteiger partial charge is 0.344 e. The monoisotopic (exact) mass is 352 g/mol. The molecule has 2 N–H and O–H groups in total. The summed E-state index contributed by atoms with van der Waals surface area (Å²) in [6.45, 7) is 3.61. The number of aromatic nitrogens is 1. The predicted molar refractivity (Wildman–Crippen MR) is 86.0 cm³/mol. The Balaban J connectivity index is 1.57. The molecule has 2 fully saturated rings. The molecule has 0 aromatic carbocycles. The molecule has 4 amide bonds. The van der Waals surface area contributed by atoms with Crippen LogP contribution in [0.15, 0.2) is 9.64 Å². The molecule has 1 saturated heterocycles. The van der Waals surface area contributed by atoms with Crippen LogP contribution in [-0.4, -0.2) is 39.1 Å². The van der Waals surface area contributed by atoms with Gasteiger partial charge in [-0.3, -0.25) is 15.0 Å². The number of thioether (sulfide) groups is 1. The van der Waals surface area contributed by atoms with Crippen molar-refractivity contribution in [3.05, 3.63) is 11.5 Å². The summed E-state index contributed by atoms with van der Waals surface area (Å²) in [5, 5.41) is 3.94. The molecule has 2 aliphatic rings. The standard InChI is InChI=1S/C15H20N4O4S/c1-9-10(2)23-14(16-9)24-8-11(20)18-19-12(21)15(17-13(19)22)6-4-3-5-7-15/h3-8H2,1-2H3,(H,17,22)(H,18,20). The molecule has 1 spiro atoms. The number of imide groups is 1. The van der Waals surface area contributed by atoms with Crippen LogP contribution in [0.1, 0.15) is 43.6 Å². The van der Waals surface area contributed by atoms with Gasteiger partial charge in [0.15, 0.2) is 0 Å². The van der Waals surface area contributed by atoms with Crippen molar-refractivity contribution in [2.24, 2.45) is 0 Å². The van der Waals surface area contributed by atoms with Crippen LogP contribution in [0.2, 0.25) is 0 Å². The topological polar surface area (TPSA) is 105 Å². The van der Waals surface area contributed by atoms with E-state index in [9.17, 15) is 14.4 Å². The number of rotatable bonds is 4. The molecule has 2 heterocycles. The number of hydrogen-bond donors (Lipinski definition) is 2. The fourth-order valence-electron chi connectivity index (χ4n) is 3.01. The van der Waals surface area contributed by atoms with Crippen LogP contribution >= 0.6 is 11.8 Å². The summed E-state index contributed by atoms with van der Waals surface area (Å²) < 4.78 is 5.38. The van der Waals surface area contributed by atoms with Crippen LogP contribution < -0.4 is 10.7 Å². The largest absolute Gasteiger partial charge is 0.437 e. The Kier molecular flexibility index (Phi) is 4.53. The zero-order valence-electron chi connectivity index (χ0n) is 13.7. The van der Waals surface area contributed by atoms with E-state index in [2.05, 4.69) is 15.7 Å². The van der Waals surface area contributed by atoms with Crippen molar-refractivity contribution in [1.82, 2.24) is 20.7 Å². The van der Waals surface area contributed by atoms with Gasteiger partial charge in [-0.15, -0.1) is 0 Å². The highest BCUT2D eigenvalue weighted by Gasteiger charge is 2.52. The molecular formula is C15H20N4O4S. The molecule has 1 aliphatic heterocycles. The molecule has 24 heavy (non-hydrogen) atoms. The molecule has 0 bridgehead atoms. The van der Waals surface area contributed by atoms with Gasteiger partial charge in [0.2, 0.25) is 5.91 Å². The van der Waals surface area contributed by atoms with E-state index in [-0.39, 0.29) is 11.7 Å². The molecule has 1 saturated carbocycles. The quantitative estimate of drug-likeness (QED) is 0.631. The van der Waals surface area contributed by atoms with Crippen LogP contribution in [0, 0.1) is 13.8 Å². The summed E-state index contributed by atoms with van der Waals surface area (Å²) in [7, 11) is 0. The normalized spacial score (nSPS) is 19.7. The molecule has 130 valence electrons. The van der Waals surface area contributed by atoms with Crippen molar-refractivity contribution in [3.8, 4) is 0 Å². The van der Waals surface area contributed by atoms with E-state index in [4.69, 9.17) is 4.42 Å². The van der Waals surface area contributed by atoms with Crippen LogP contribution in [0.4, 0.5) is 4.79 Å². The Bertz CT molecular complexity index is 662. The number of carbonyl (C=O) groups excluding carboxylic acids is 3. The first-order valence-electron chi connectivity index (χ1n) is 7.94. The highest BCUT2D eigenvalue weighted by Crippen LogP contribution is 2.33. The van der Waals surface area contributed by atoms with Crippen LogP contribution in [0.25, 0.3) is 0 Å². The number of nitrogens with one attached hydrogen (secondary N) is 2. The van der Waals surface area contributed by atoms with Crippen LogP contribution in [0.3, 0.4) is 0 Å². The minimum atomic E-state index is -0.841. The van der Waals surface area contributed by atoms with Gasteiger partial charge < -0.3 is 9.73 Å². The minimum absolute atomic E-state index is 0.00343. The van der Waals surface area contributed by atoms with Crippen molar-refractivity contribution in [3.63, 3.8) is 0 Å². The lowest BCUT2D eigenvalue weighted by molar-refractivity contribution is -0.139. The van der Waals surface area contributed by atoms with E-state index in [1.54, 1.807) is 6.92 Å². The average Bonchev–Trinajstić information content (AvgIpc) is 2.98. The van der Waals surface area contributed by atoms with Crippen LogP contribution in [0.5, 0.6) is 0 Å². The molecule has 1 aromatic rings. The van der Waals surface area contributed by atoms with Crippen molar-refractivity contribution in [1.29, 1.82) is 0 Å². The zero-order chi connectivity index (χ0) is 17.3. The maximum Gasteiger partial charge on any atom is 0.344 e. The molecule has 1 aliphatic carbocycles. The third-order valence-corrected chi connectivity index (χ3v) is 5.27. The van der Waals surface area contributed by atoms with Gasteiger partial charge in [0.1, 0.15) is 11.3 Å². The number of oxazole rings is 1. The zero-order valence-corrected chi connectivity index (χ0v) is 14.5. The van der Waals surface area contributed by atoms with Gasteiger partial charge in [-0.05, 0) is 26.7 Å². The van der Waals surface area contributed by atoms with E-state index < -0.39 is 17.5 Å². The number of hydrazine groups is 1. The number of urea groups is 1. The van der Waals surface area contributed by atoms with Crippen molar-refractivity contribution in [2.75, 3.05) is 5.75 Å². The third-order valence-electron chi connectivity index (χ3n) is 4.44. The molecule has 0 radical (unpaired) electrons. The molecule has 3 rings (SSSR count). The minimum Gasteiger partial charge on any atom is -0.437 e. The first-order chi connectivity index (χ1) is 11.4. The molecule has 0 unspecified atom stereocenters. The molecule has 1 aromatic heterocycles. The van der Waals surface area contributed by atoms with Crippen LogP contribution in [-0.2, 0) is 9.59 Å². The Morgan fingerprint density at radius 1 is 1.33 bits per heavy atom. The number of aryl methyl sites for hydroxylation is 2. The molecule has 9 heteroatoms.